The van der Waals surface area contributed by atoms with Crippen LogP contribution < -0.4 is 10.5 Å². The molecule has 1 atom stereocenters. The van der Waals surface area contributed by atoms with Crippen LogP contribution in [0.4, 0.5) is 5.82 Å². The van der Waals surface area contributed by atoms with E-state index in [1.165, 1.54) is 6.33 Å². The first-order valence-electron chi connectivity index (χ1n) is 11.4. The molecule has 3 heterocycles. The Hall–Kier alpha value is -4.20. The van der Waals surface area contributed by atoms with E-state index in [1.54, 1.807) is 12.2 Å². The maximum atomic E-state index is 12.4. The van der Waals surface area contributed by atoms with Crippen LogP contribution in [0.25, 0.3) is 22.3 Å². The van der Waals surface area contributed by atoms with Gasteiger partial charge in [0.05, 0.1) is 11.4 Å². The molecule has 0 spiro atoms. The van der Waals surface area contributed by atoms with Crippen molar-refractivity contribution in [1.82, 2.24) is 24.6 Å². The molecule has 0 unspecified atom stereocenters. The normalized spacial score (nSPS) is 16.3. The topological polar surface area (TPSA) is 99.2 Å². The number of ether oxygens (including phenoxy) is 1. The van der Waals surface area contributed by atoms with E-state index in [1.807, 2.05) is 71.1 Å². The van der Waals surface area contributed by atoms with Gasteiger partial charge in [-0.2, -0.15) is 5.10 Å². The number of aromatic nitrogens is 4. The molecule has 172 valence electrons. The minimum absolute atomic E-state index is 0.00851. The molecule has 1 aliphatic rings. The van der Waals surface area contributed by atoms with E-state index < -0.39 is 0 Å². The Labute approximate surface area is 197 Å². The van der Waals surface area contributed by atoms with E-state index in [0.29, 0.717) is 18.0 Å². The van der Waals surface area contributed by atoms with Crippen molar-refractivity contribution in [3.05, 3.63) is 73.1 Å². The monoisotopic (exact) mass is 454 g/mol. The summed E-state index contributed by atoms with van der Waals surface area (Å²) in [5, 5.41) is 5.65. The van der Waals surface area contributed by atoms with E-state index in [4.69, 9.17) is 15.6 Å². The third-order valence-corrected chi connectivity index (χ3v) is 5.99. The van der Waals surface area contributed by atoms with Gasteiger partial charge in [-0.3, -0.25) is 4.79 Å². The first kappa shape index (κ1) is 21.6. The van der Waals surface area contributed by atoms with Crippen LogP contribution in [-0.4, -0.2) is 43.6 Å². The summed E-state index contributed by atoms with van der Waals surface area (Å²) in [6, 6.07) is 17.4. The van der Waals surface area contributed by atoms with Crippen LogP contribution in [0.5, 0.6) is 11.5 Å². The number of hydrogen-bond donors (Lipinski definition) is 1. The lowest BCUT2D eigenvalue weighted by atomic mass is 10.1. The molecule has 1 fully saturated rings. The number of carbonyl (C=O) groups excluding carboxylic acids is 1. The van der Waals surface area contributed by atoms with E-state index in [0.717, 1.165) is 47.5 Å². The highest BCUT2D eigenvalue weighted by atomic mass is 16.5. The van der Waals surface area contributed by atoms with Gasteiger partial charge in [-0.15, -0.1) is 0 Å². The van der Waals surface area contributed by atoms with Crippen molar-refractivity contribution < 1.29 is 9.53 Å². The van der Waals surface area contributed by atoms with Gasteiger partial charge in [0.1, 0.15) is 29.3 Å². The Morgan fingerprint density at radius 1 is 1.09 bits per heavy atom. The second-order valence-corrected chi connectivity index (χ2v) is 8.27. The summed E-state index contributed by atoms with van der Waals surface area (Å²) >= 11 is 0. The van der Waals surface area contributed by atoms with Gasteiger partial charge in [0, 0.05) is 18.7 Å². The third-order valence-electron chi connectivity index (χ3n) is 5.99. The predicted octanol–water partition coefficient (Wildman–Crippen LogP) is 4.61. The molecule has 1 saturated heterocycles. The van der Waals surface area contributed by atoms with Gasteiger partial charge in [-0.05, 0) is 62.2 Å². The Morgan fingerprint density at radius 3 is 2.62 bits per heavy atom. The minimum Gasteiger partial charge on any atom is -0.457 e. The Balaban J connectivity index is 1.49. The van der Waals surface area contributed by atoms with Crippen molar-refractivity contribution in [3.63, 3.8) is 0 Å². The van der Waals surface area contributed by atoms with Crippen LogP contribution in [0.3, 0.4) is 0 Å². The van der Waals surface area contributed by atoms with E-state index in [2.05, 4.69) is 9.97 Å². The number of amides is 1. The molecule has 34 heavy (non-hydrogen) atoms. The number of benzene rings is 2. The van der Waals surface area contributed by atoms with Crippen LogP contribution in [-0.2, 0) is 4.79 Å². The first-order chi connectivity index (χ1) is 16.6. The Morgan fingerprint density at radius 2 is 1.85 bits per heavy atom. The summed E-state index contributed by atoms with van der Waals surface area (Å²) in [7, 11) is 0. The van der Waals surface area contributed by atoms with Gasteiger partial charge in [-0.1, -0.05) is 24.3 Å². The molecule has 8 heteroatoms. The molecule has 5 rings (SSSR count). The van der Waals surface area contributed by atoms with Crippen molar-refractivity contribution in [1.29, 1.82) is 0 Å². The maximum absolute atomic E-state index is 12.4. The molecule has 0 bridgehead atoms. The molecular formula is C26H26N6O2. The number of nitrogens with two attached hydrogens (primary N) is 1. The maximum Gasteiger partial charge on any atom is 0.246 e. The van der Waals surface area contributed by atoms with Crippen LogP contribution in [0, 0.1) is 0 Å². The number of para-hydroxylation sites is 1. The highest BCUT2D eigenvalue weighted by Crippen LogP contribution is 2.34. The smallest absolute Gasteiger partial charge is 0.246 e. The van der Waals surface area contributed by atoms with Gasteiger partial charge in [-0.25, -0.2) is 14.6 Å². The van der Waals surface area contributed by atoms with E-state index >= 15 is 0 Å². The van der Waals surface area contributed by atoms with Crippen LogP contribution >= 0.6 is 0 Å². The third kappa shape index (κ3) is 4.22. The summed E-state index contributed by atoms with van der Waals surface area (Å²) in [4.78, 5) is 23.0. The zero-order chi connectivity index (χ0) is 23.5. The number of piperidine rings is 1. The highest BCUT2D eigenvalue weighted by Gasteiger charge is 2.28. The van der Waals surface area contributed by atoms with Gasteiger partial charge in [0.15, 0.2) is 5.65 Å². The van der Waals surface area contributed by atoms with Gasteiger partial charge in [0.25, 0.3) is 0 Å². The van der Waals surface area contributed by atoms with E-state index in [-0.39, 0.29) is 11.9 Å². The van der Waals surface area contributed by atoms with Crippen molar-refractivity contribution in [2.75, 3.05) is 18.8 Å². The number of rotatable bonds is 5. The van der Waals surface area contributed by atoms with Gasteiger partial charge in [0.2, 0.25) is 5.91 Å². The fourth-order valence-electron chi connectivity index (χ4n) is 4.36. The molecule has 1 aliphatic heterocycles. The van der Waals surface area contributed by atoms with Crippen LogP contribution in [0.1, 0.15) is 25.8 Å². The highest BCUT2D eigenvalue weighted by molar-refractivity contribution is 5.98. The minimum atomic E-state index is 0.00851. The fraction of sp³-hybridized carbons (Fsp3) is 0.231. The first-order valence-corrected chi connectivity index (χ1v) is 11.4. The van der Waals surface area contributed by atoms with Crippen molar-refractivity contribution in [2.45, 2.75) is 25.8 Å². The molecule has 1 amide bonds. The standard InChI is InChI=1S/C26H26N6O2/c1-2-7-22(33)31-15-6-8-19(16-31)32-26-23(25(27)28-17-29-26)24(30-32)18-11-13-21(14-12-18)34-20-9-4-3-5-10-20/h2-5,7,9-14,17,19H,6,8,15-16H2,1H3,(H2,27,28,29)/b7-2-/t19-/m1/s1. The molecular weight excluding hydrogens is 428 g/mol. The molecule has 2 aromatic heterocycles. The summed E-state index contributed by atoms with van der Waals surface area (Å²) in [5.41, 5.74) is 8.57. The zero-order valence-corrected chi connectivity index (χ0v) is 19.0. The number of nitrogens with zero attached hydrogens (tertiary/aromatic N) is 5. The van der Waals surface area contributed by atoms with Crippen molar-refractivity contribution in [3.8, 4) is 22.8 Å². The average Bonchev–Trinajstić information content (AvgIpc) is 3.26. The van der Waals surface area contributed by atoms with Gasteiger partial charge >= 0.3 is 0 Å². The summed E-state index contributed by atoms with van der Waals surface area (Å²) in [5.74, 6) is 1.91. The Bertz CT molecular complexity index is 1330. The molecule has 4 aromatic rings. The molecule has 0 radical (unpaired) electrons. The average molecular weight is 455 g/mol. The number of anilines is 1. The number of fused-ring (bicyclic) bond motifs is 1. The molecule has 8 nitrogen and oxygen atoms in total. The second kappa shape index (κ2) is 9.35. The van der Waals surface area contributed by atoms with Gasteiger partial charge < -0.3 is 15.4 Å². The fourth-order valence-corrected chi connectivity index (χ4v) is 4.36. The Kier molecular flexibility index (Phi) is 5.95. The number of likely N-dealkylation sites (tertiary alicyclic amines) is 1. The number of carbonyl (C=O) groups is 1. The van der Waals surface area contributed by atoms with E-state index in [9.17, 15) is 4.79 Å². The zero-order valence-electron chi connectivity index (χ0n) is 19.0. The molecule has 0 aliphatic carbocycles. The van der Waals surface area contributed by atoms with Crippen molar-refractivity contribution in [2.24, 2.45) is 0 Å². The summed E-state index contributed by atoms with van der Waals surface area (Å²) in [6.45, 7) is 3.17. The van der Waals surface area contributed by atoms with Crippen LogP contribution in [0.15, 0.2) is 73.1 Å². The summed E-state index contributed by atoms with van der Waals surface area (Å²) in [6.07, 6.45) is 6.64. The lowest BCUT2D eigenvalue weighted by molar-refractivity contribution is -0.127. The largest absolute Gasteiger partial charge is 0.457 e. The van der Waals surface area contributed by atoms with Crippen molar-refractivity contribution >= 4 is 22.8 Å². The number of allylic oxidation sites excluding steroid dienone is 1. The lowest BCUT2D eigenvalue weighted by Crippen LogP contribution is -2.40. The SMILES string of the molecule is C/C=C\C(=O)N1CCC[C@@H](n2nc(-c3ccc(Oc4ccccc4)cc3)c3c(N)ncnc32)C1. The molecule has 2 aromatic carbocycles. The number of nitrogen functional groups attached to an aromatic ring is 1. The predicted molar refractivity (Wildman–Crippen MR) is 131 cm³/mol. The molecule has 0 saturated carbocycles. The second-order valence-electron chi connectivity index (χ2n) is 8.27. The number of hydrogen-bond acceptors (Lipinski definition) is 6. The quantitative estimate of drug-likeness (QED) is 0.442. The summed E-state index contributed by atoms with van der Waals surface area (Å²) < 4.78 is 7.83. The lowest BCUT2D eigenvalue weighted by Gasteiger charge is -2.32. The van der Waals surface area contributed by atoms with Crippen LogP contribution in [0.2, 0.25) is 0 Å². The molecule has 2 N–H and O–H groups in total.